The Labute approximate surface area is 173 Å². The molecule has 2 aliphatic heterocycles. The Morgan fingerprint density at radius 1 is 1.14 bits per heavy atom. The van der Waals surface area contributed by atoms with Crippen LogP contribution in [0.2, 0.25) is 0 Å². The maximum atomic E-state index is 12.8. The van der Waals surface area contributed by atoms with E-state index in [0.29, 0.717) is 19.0 Å². The average molecular weight is 404 g/mol. The molecule has 0 saturated carbocycles. The first-order valence-electron chi connectivity index (χ1n) is 10.5. The molecule has 28 heavy (non-hydrogen) atoms. The normalized spacial score (nSPS) is 20.5. The molecule has 6 heteroatoms. The van der Waals surface area contributed by atoms with E-state index in [4.69, 9.17) is 0 Å². The highest BCUT2D eigenvalue weighted by molar-refractivity contribution is 7.99. The lowest BCUT2D eigenvalue weighted by atomic mass is 10.0. The molecule has 0 aliphatic carbocycles. The summed E-state index contributed by atoms with van der Waals surface area (Å²) >= 11 is 1.91. The SMILES string of the molecule is CC(C)c1ccc(CCNC(=O)CN2CCCC2C(=O)N2CCSCC2)cc1. The van der Waals surface area contributed by atoms with Crippen LogP contribution < -0.4 is 5.32 Å². The van der Waals surface area contributed by atoms with Crippen molar-refractivity contribution >= 4 is 23.6 Å². The lowest BCUT2D eigenvalue weighted by Crippen LogP contribution is -2.50. The van der Waals surface area contributed by atoms with E-state index in [-0.39, 0.29) is 17.9 Å². The van der Waals surface area contributed by atoms with Gasteiger partial charge >= 0.3 is 0 Å². The van der Waals surface area contributed by atoms with Crippen LogP contribution in [-0.2, 0) is 16.0 Å². The summed E-state index contributed by atoms with van der Waals surface area (Å²) in [5, 5.41) is 3.03. The second kappa shape index (κ2) is 10.3. The Kier molecular flexibility index (Phi) is 7.80. The van der Waals surface area contributed by atoms with Gasteiger partial charge in [0, 0.05) is 31.1 Å². The van der Waals surface area contributed by atoms with Crippen LogP contribution in [0, 0.1) is 0 Å². The van der Waals surface area contributed by atoms with Crippen molar-refractivity contribution in [2.24, 2.45) is 0 Å². The molecular formula is C22H33N3O2S. The van der Waals surface area contributed by atoms with Crippen molar-refractivity contribution < 1.29 is 9.59 Å². The Morgan fingerprint density at radius 2 is 1.86 bits per heavy atom. The summed E-state index contributed by atoms with van der Waals surface area (Å²) < 4.78 is 0. The summed E-state index contributed by atoms with van der Waals surface area (Å²) in [4.78, 5) is 29.3. The third-order valence-corrected chi connectivity index (χ3v) is 6.64. The summed E-state index contributed by atoms with van der Waals surface area (Å²) in [6.45, 7) is 7.86. The second-order valence-electron chi connectivity index (χ2n) is 8.06. The molecule has 0 radical (unpaired) electrons. The lowest BCUT2D eigenvalue weighted by molar-refractivity contribution is -0.136. The molecule has 3 rings (SSSR count). The number of carbonyl (C=O) groups excluding carboxylic acids is 2. The van der Waals surface area contributed by atoms with Crippen molar-refractivity contribution in [2.75, 3.05) is 44.2 Å². The van der Waals surface area contributed by atoms with Crippen molar-refractivity contribution in [3.63, 3.8) is 0 Å². The molecule has 1 unspecified atom stereocenters. The minimum Gasteiger partial charge on any atom is -0.355 e. The molecule has 5 nitrogen and oxygen atoms in total. The van der Waals surface area contributed by atoms with Crippen LogP contribution in [-0.4, -0.2) is 71.9 Å². The van der Waals surface area contributed by atoms with Crippen molar-refractivity contribution in [1.82, 2.24) is 15.1 Å². The number of nitrogens with one attached hydrogen (secondary N) is 1. The smallest absolute Gasteiger partial charge is 0.239 e. The molecule has 0 spiro atoms. The predicted molar refractivity (Wildman–Crippen MR) is 116 cm³/mol. The molecule has 1 N–H and O–H groups in total. The standard InChI is InChI=1S/C22H33N3O2S/c1-17(2)19-7-5-18(6-8-19)9-10-23-21(26)16-25-11-3-4-20(25)22(27)24-12-14-28-15-13-24/h5-8,17,20H,3-4,9-16H2,1-2H3,(H,23,26). The number of nitrogens with zero attached hydrogens (tertiary/aromatic N) is 2. The van der Waals surface area contributed by atoms with Gasteiger partial charge in [-0.15, -0.1) is 0 Å². The molecule has 2 saturated heterocycles. The highest BCUT2D eigenvalue weighted by atomic mass is 32.2. The Morgan fingerprint density at radius 3 is 2.54 bits per heavy atom. The molecule has 154 valence electrons. The minimum absolute atomic E-state index is 0.0210. The first kappa shape index (κ1) is 21.2. The summed E-state index contributed by atoms with van der Waals surface area (Å²) in [6.07, 6.45) is 2.70. The molecule has 2 heterocycles. The molecule has 1 aromatic carbocycles. The monoisotopic (exact) mass is 403 g/mol. The van der Waals surface area contributed by atoms with E-state index < -0.39 is 0 Å². The highest BCUT2D eigenvalue weighted by Crippen LogP contribution is 2.21. The lowest BCUT2D eigenvalue weighted by Gasteiger charge is -2.32. The number of likely N-dealkylation sites (tertiary alicyclic amines) is 1. The number of benzene rings is 1. The molecule has 0 aromatic heterocycles. The summed E-state index contributed by atoms with van der Waals surface area (Å²) in [7, 11) is 0. The van der Waals surface area contributed by atoms with E-state index in [1.54, 1.807) is 0 Å². The highest BCUT2D eigenvalue weighted by Gasteiger charge is 2.34. The summed E-state index contributed by atoms with van der Waals surface area (Å²) in [6, 6.07) is 8.52. The predicted octanol–water partition coefficient (Wildman–Crippen LogP) is 2.51. The molecule has 2 amide bonds. The molecule has 2 fully saturated rings. The Bertz CT molecular complexity index is 656. The minimum atomic E-state index is -0.113. The first-order chi connectivity index (χ1) is 13.5. The molecule has 0 bridgehead atoms. The average Bonchev–Trinajstić information content (AvgIpc) is 3.16. The number of thioether (sulfide) groups is 1. The van der Waals surface area contributed by atoms with Crippen LogP contribution in [0.25, 0.3) is 0 Å². The van der Waals surface area contributed by atoms with E-state index in [1.807, 2.05) is 16.7 Å². The fraction of sp³-hybridized carbons (Fsp3) is 0.636. The molecule has 1 aromatic rings. The zero-order valence-electron chi connectivity index (χ0n) is 17.2. The van der Waals surface area contributed by atoms with Crippen molar-refractivity contribution in [1.29, 1.82) is 0 Å². The second-order valence-corrected chi connectivity index (χ2v) is 9.29. The number of rotatable bonds is 7. The maximum Gasteiger partial charge on any atom is 0.239 e. The van der Waals surface area contributed by atoms with Gasteiger partial charge in [0.05, 0.1) is 12.6 Å². The fourth-order valence-corrected chi connectivity index (χ4v) is 4.85. The van der Waals surface area contributed by atoms with Crippen LogP contribution in [0.5, 0.6) is 0 Å². The van der Waals surface area contributed by atoms with Gasteiger partial charge in [-0.1, -0.05) is 38.1 Å². The van der Waals surface area contributed by atoms with Crippen molar-refractivity contribution in [3.8, 4) is 0 Å². The van der Waals surface area contributed by atoms with Crippen molar-refractivity contribution in [3.05, 3.63) is 35.4 Å². The number of carbonyl (C=O) groups is 2. The third kappa shape index (κ3) is 5.74. The van der Waals surface area contributed by atoms with Crippen LogP contribution in [0.15, 0.2) is 24.3 Å². The quantitative estimate of drug-likeness (QED) is 0.760. The van der Waals surface area contributed by atoms with Gasteiger partial charge in [-0.2, -0.15) is 11.8 Å². The number of hydrogen-bond acceptors (Lipinski definition) is 4. The van der Waals surface area contributed by atoms with Gasteiger partial charge in [0.1, 0.15) is 0 Å². The molecular weight excluding hydrogens is 370 g/mol. The number of hydrogen-bond donors (Lipinski definition) is 1. The zero-order valence-corrected chi connectivity index (χ0v) is 18.0. The summed E-state index contributed by atoms with van der Waals surface area (Å²) in [5.74, 6) is 2.82. The van der Waals surface area contributed by atoms with E-state index >= 15 is 0 Å². The van der Waals surface area contributed by atoms with E-state index in [9.17, 15) is 9.59 Å². The zero-order chi connectivity index (χ0) is 19.9. The maximum absolute atomic E-state index is 12.8. The Hall–Kier alpha value is -1.53. The van der Waals surface area contributed by atoms with Crippen LogP contribution in [0.4, 0.5) is 0 Å². The van der Waals surface area contributed by atoms with Gasteiger partial charge in [0.15, 0.2) is 0 Å². The van der Waals surface area contributed by atoms with Gasteiger partial charge in [-0.25, -0.2) is 0 Å². The van der Waals surface area contributed by atoms with Gasteiger partial charge < -0.3 is 10.2 Å². The van der Waals surface area contributed by atoms with E-state index in [1.165, 1.54) is 11.1 Å². The fourth-order valence-electron chi connectivity index (χ4n) is 3.95. The van der Waals surface area contributed by atoms with E-state index in [2.05, 4.69) is 48.3 Å². The van der Waals surface area contributed by atoms with Crippen molar-refractivity contribution in [2.45, 2.75) is 45.1 Å². The van der Waals surface area contributed by atoms with Crippen LogP contribution >= 0.6 is 11.8 Å². The first-order valence-corrected chi connectivity index (χ1v) is 11.7. The van der Waals surface area contributed by atoms with Gasteiger partial charge in [-0.05, 0) is 42.9 Å². The Balaban J connectivity index is 1.42. The van der Waals surface area contributed by atoms with Gasteiger partial charge in [-0.3, -0.25) is 14.5 Å². The molecule has 2 aliphatic rings. The van der Waals surface area contributed by atoms with E-state index in [0.717, 1.165) is 50.4 Å². The van der Waals surface area contributed by atoms with Crippen LogP contribution in [0.3, 0.4) is 0 Å². The third-order valence-electron chi connectivity index (χ3n) is 5.70. The number of amides is 2. The largest absolute Gasteiger partial charge is 0.355 e. The van der Waals surface area contributed by atoms with Crippen LogP contribution in [0.1, 0.15) is 43.7 Å². The topological polar surface area (TPSA) is 52.7 Å². The molecule has 1 atom stereocenters. The summed E-state index contributed by atoms with van der Waals surface area (Å²) in [5.41, 5.74) is 2.58. The van der Waals surface area contributed by atoms with Gasteiger partial charge in [0.2, 0.25) is 11.8 Å². The van der Waals surface area contributed by atoms with Gasteiger partial charge in [0.25, 0.3) is 0 Å².